The molecule has 140 valence electrons. The van der Waals surface area contributed by atoms with Crippen molar-refractivity contribution in [2.75, 3.05) is 18.0 Å². The van der Waals surface area contributed by atoms with Crippen LogP contribution in [0.25, 0.3) is 10.9 Å². The Kier molecular flexibility index (Phi) is 4.90. The summed E-state index contributed by atoms with van der Waals surface area (Å²) in [4.78, 5) is 26.6. The smallest absolute Gasteiger partial charge is 0.343 e. The summed E-state index contributed by atoms with van der Waals surface area (Å²) in [7, 11) is 0. The average Bonchev–Trinajstić information content (AvgIpc) is 3.28. The van der Waals surface area contributed by atoms with Crippen LogP contribution in [0.3, 0.4) is 0 Å². The monoisotopic (exact) mass is 401 g/mol. The molecule has 0 spiro atoms. The topological polar surface area (TPSA) is 88.6 Å². The van der Waals surface area contributed by atoms with E-state index in [2.05, 4.69) is 0 Å². The lowest BCUT2D eigenvalue weighted by Crippen LogP contribution is -2.33. The summed E-state index contributed by atoms with van der Waals surface area (Å²) in [5.41, 5.74) is 5.33. The van der Waals surface area contributed by atoms with Gasteiger partial charge >= 0.3 is 5.97 Å². The highest BCUT2D eigenvalue weighted by Gasteiger charge is 2.36. The molecule has 26 heavy (non-hydrogen) atoms. The molecule has 1 aromatic heterocycles. The van der Waals surface area contributed by atoms with Crippen molar-refractivity contribution in [1.29, 1.82) is 0 Å². The second-order valence-corrected chi connectivity index (χ2v) is 7.12. The Morgan fingerprint density at radius 1 is 1.31 bits per heavy atom. The average molecular weight is 402 g/mol. The molecule has 2 fully saturated rings. The number of nitrogens with zero attached hydrogens (tertiary/aromatic N) is 2. The van der Waals surface area contributed by atoms with Crippen molar-refractivity contribution in [2.24, 2.45) is 5.73 Å². The molecule has 1 saturated carbocycles. The van der Waals surface area contributed by atoms with Gasteiger partial charge in [0.15, 0.2) is 0 Å². The van der Waals surface area contributed by atoms with E-state index in [1.165, 1.54) is 0 Å². The van der Waals surface area contributed by atoms with Gasteiger partial charge in [0, 0.05) is 25.2 Å². The first-order valence-corrected chi connectivity index (χ1v) is 8.57. The Morgan fingerprint density at radius 3 is 2.54 bits per heavy atom. The third-order valence-electron chi connectivity index (χ3n) is 4.84. The number of nitrogens with two attached hydrogens (primary N) is 1. The molecular weight excluding hydrogens is 384 g/mol. The van der Waals surface area contributed by atoms with E-state index in [1.807, 2.05) is 4.90 Å². The van der Waals surface area contributed by atoms with Gasteiger partial charge in [-0.05, 0) is 31.4 Å². The van der Waals surface area contributed by atoms with Crippen LogP contribution >= 0.6 is 24.0 Å². The molecule has 2 aliphatic rings. The van der Waals surface area contributed by atoms with Gasteiger partial charge in [0.1, 0.15) is 17.2 Å². The summed E-state index contributed by atoms with van der Waals surface area (Å²) < 4.78 is 15.6. The Hall–Kier alpha value is -1.83. The van der Waals surface area contributed by atoms with E-state index < -0.39 is 17.2 Å². The van der Waals surface area contributed by atoms with Crippen molar-refractivity contribution in [3.8, 4) is 0 Å². The van der Waals surface area contributed by atoms with Gasteiger partial charge in [-0.25, -0.2) is 9.18 Å². The molecule has 1 aliphatic carbocycles. The Labute approximate surface area is 159 Å². The number of halogens is 3. The lowest BCUT2D eigenvalue weighted by Gasteiger charge is -2.27. The number of aromatic nitrogens is 1. The molecule has 1 saturated heterocycles. The number of aromatic carboxylic acids is 1. The van der Waals surface area contributed by atoms with Crippen LogP contribution < -0.4 is 16.1 Å². The summed E-state index contributed by atoms with van der Waals surface area (Å²) >= 11 is 6.26. The zero-order valence-corrected chi connectivity index (χ0v) is 15.3. The minimum absolute atomic E-state index is 0. The maximum atomic E-state index is 13.8. The van der Waals surface area contributed by atoms with Gasteiger partial charge in [0.25, 0.3) is 0 Å². The van der Waals surface area contributed by atoms with Crippen LogP contribution in [0.4, 0.5) is 10.2 Å². The number of carboxylic acids is 1. The van der Waals surface area contributed by atoms with Crippen LogP contribution in [0.15, 0.2) is 16.9 Å². The van der Waals surface area contributed by atoms with Gasteiger partial charge in [-0.2, -0.15) is 0 Å². The summed E-state index contributed by atoms with van der Waals surface area (Å²) in [6.07, 6.45) is 2.43. The van der Waals surface area contributed by atoms with Crippen LogP contribution in [-0.2, 0) is 0 Å². The molecule has 6 nitrogen and oxygen atoms in total. The predicted molar refractivity (Wildman–Crippen MR) is 100 cm³/mol. The van der Waals surface area contributed by atoms with Crippen molar-refractivity contribution in [3.63, 3.8) is 0 Å². The van der Waals surface area contributed by atoms with E-state index in [-0.39, 0.29) is 40.5 Å². The maximum Gasteiger partial charge on any atom is 0.343 e. The Balaban J connectivity index is 0.00000196. The number of benzene rings is 1. The molecule has 0 radical (unpaired) electrons. The van der Waals surface area contributed by atoms with E-state index in [1.54, 1.807) is 4.57 Å². The van der Waals surface area contributed by atoms with Crippen molar-refractivity contribution in [1.82, 2.24) is 4.57 Å². The zero-order chi connectivity index (χ0) is 17.9. The van der Waals surface area contributed by atoms with E-state index in [9.17, 15) is 19.1 Å². The highest BCUT2D eigenvalue weighted by Crippen LogP contribution is 2.43. The number of carboxylic acid groups (broad SMARTS) is 1. The summed E-state index contributed by atoms with van der Waals surface area (Å²) in [6, 6.07) is 2.19. The fourth-order valence-corrected chi connectivity index (χ4v) is 3.91. The van der Waals surface area contributed by atoms with Crippen LogP contribution in [-0.4, -0.2) is 34.8 Å². The first-order chi connectivity index (χ1) is 11.9. The van der Waals surface area contributed by atoms with Crippen LogP contribution in [0.1, 0.15) is 35.7 Å². The minimum Gasteiger partial charge on any atom is -0.477 e. The normalized spacial score (nSPS) is 19.7. The van der Waals surface area contributed by atoms with Crippen LogP contribution in [0.2, 0.25) is 5.02 Å². The predicted octanol–water partition coefficient (Wildman–Crippen LogP) is 2.79. The van der Waals surface area contributed by atoms with Crippen molar-refractivity contribution in [3.05, 3.63) is 38.8 Å². The molecule has 1 aliphatic heterocycles. The first kappa shape index (κ1) is 18.9. The lowest BCUT2D eigenvalue weighted by molar-refractivity contribution is 0.0695. The molecule has 0 bridgehead atoms. The van der Waals surface area contributed by atoms with Gasteiger partial charge < -0.3 is 20.3 Å². The number of rotatable bonds is 3. The van der Waals surface area contributed by atoms with Gasteiger partial charge in [-0.1, -0.05) is 11.6 Å². The number of hydrogen-bond donors (Lipinski definition) is 2. The molecule has 9 heteroatoms. The maximum absolute atomic E-state index is 13.8. The molecule has 3 N–H and O–H groups in total. The van der Waals surface area contributed by atoms with Gasteiger partial charge in [-0.15, -0.1) is 12.4 Å². The van der Waals surface area contributed by atoms with E-state index >= 15 is 0 Å². The number of pyridine rings is 1. The standard InChI is InChI=1S/C17H17ClFN3O3.ClH/c18-12-6-8(19)5-11-14(12)22(10-1-2-10)16(13(15(11)23)17(24)25)21-4-3-9(20)7-21;/h5-6,9-10H,1-4,7,20H2,(H,24,25);1H/t9-;/m1./s1. The molecule has 0 unspecified atom stereocenters. The molecule has 2 aromatic rings. The lowest BCUT2D eigenvalue weighted by atomic mass is 10.1. The highest BCUT2D eigenvalue weighted by atomic mass is 35.5. The van der Waals surface area contributed by atoms with Crippen molar-refractivity contribution >= 4 is 46.7 Å². The Bertz CT molecular complexity index is 959. The summed E-state index contributed by atoms with van der Waals surface area (Å²) in [5, 5.41) is 9.81. The van der Waals surface area contributed by atoms with Gasteiger partial charge in [-0.3, -0.25) is 4.79 Å². The minimum atomic E-state index is -1.32. The first-order valence-electron chi connectivity index (χ1n) is 8.19. The van der Waals surface area contributed by atoms with Gasteiger partial charge in [0.05, 0.1) is 15.9 Å². The third kappa shape index (κ3) is 2.94. The second kappa shape index (κ2) is 6.72. The Morgan fingerprint density at radius 2 is 2.00 bits per heavy atom. The third-order valence-corrected chi connectivity index (χ3v) is 5.13. The van der Waals surface area contributed by atoms with Crippen LogP contribution in [0, 0.1) is 5.82 Å². The van der Waals surface area contributed by atoms with Crippen molar-refractivity contribution in [2.45, 2.75) is 31.3 Å². The molecule has 1 atom stereocenters. The van der Waals surface area contributed by atoms with E-state index in [0.717, 1.165) is 25.0 Å². The molecule has 2 heterocycles. The fourth-order valence-electron chi connectivity index (χ4n) is 3.62. The molecule has 4 rings (SSSR count). The number of hydrogen-bond acceptors (Lipinski definition) is 4. The number of anilines is 1. The molecule has 0 amide bonds. The largest absolute Gasteiger partial charge is 0.477 e. The van der Waals surface area contributed by atoms with Gasteiger partial charge in [0.2, 0.25) is 5.43 Å². The summed E-state index contributed by atoms with van der Waals surface area (Å²) in [6.45, 7) is 1.04. The zero-order valence-electron chi connectivity index (χ0n) is 13.7. The quantitative estimate of drug-likeness (QED) is 0.825. The second-order valence-electron chi connectivity index (χ2n) is 6.71. The number of fused-ring (bicyclic) bond motifs is 1. The molecular formula is C17H18Cl2FN3O3. The molecule has 1 aromatic carbocycles. The van der Waals surface area contributed by atoms with E-state index in [4.69, 9.17) is 17.3 Å². The fraction of sp³-hybridized carbons (Fsp3) is 0.412. The SMILES string of the molecule is Cl.N[C@@H]1CCN(c2c(C(=O)O)c(=O)c3cc(F)cc(Cl)c3n2C2CC2)C1. The summed E-state index contributed by atoms with van der Waals surface area (Å²) in [5.74, 6) is -1.64. The van der Waals surface area contributed by atoms with E-state index in [0.29, 0.717) is 30.8 Å². The van der Waals surface area contributed by atoms with Crippen molar-refractivity contribution < 1.29 is 14.3 Å². The highest BCUT2D eigenvalue weighted by molar-refractivity contribution is 6.35. The van der Waals surface area contributed by atoms with Crippen LogP contribution in [0.5, 0.6) is 0 Å². The number of carbonyl (C=O) groups is 1.